The van der Waals surface area contributed by atoms with Crippen LogP contribution < -0.4 is 9.47 Å². The van der Waals surface area contributed by atoms with Crippen molar-refractivity contribution < 1.29 is 9.47 Å². The highest BCUT2D eigenvalue weighted by Crippen LogP contribution is 2.28. The van der Waals surface area contributed by atoms with Crippen LogP contribution in [0, 0.1) is 0 Å². The number of ether oxygens (including phenoxy) is 2. The lowest BCUT2D eigenvalue weighted by molar-refractivity contribution is 0.414. The number of hydrogen-bond donors (Lipinski definition) is 0. The SMILES string of the molecule is COc1ccc(CN=Nc2ccnc3ccc(OC)cc23)cc1. The molecule has 23 heavy (non-hydrogen) atoms. The Labute approximate surface area is 134 Å². The van der Waals surface area contributed by atoms with Crippen LogP contribution >= 0.6 is 0 Å². The molecule has 1 heterocycles. The normalized spacial score (nSPS) is 11.0. The third-order valence-electron chi connectivity index (χ3n) is 3.52. The van der Waals surface area contributed by atoms with Gasteiger partial charge in [0.25, 0.3) is 0 Å². The molecule has 3 aromatic rings. The van der Waals surface area contributed by atoms with Crippen molar-refractivity contribution in [2.45, 2.75) is 6.54 Å². The van der Waals surface area contributed by atoms with Gasteiger partial charge in [0.1, 0.15) is 11.5 Å². The quantitative estimate of drug-likeness (QED) is 0.650. The van der Waals surface area contributed by atoms with Gasteiger partial charge in [-0.1, -0.05) is 12.1 Å². The maximum Gasteiger partial charge on any atom is 0.119 e. The van der Waals surface area contributed by atoms with E-state index in [2.05, 4.69) is 15.2 Å². The molecule has 116 valence electrons. The highest BCUT2D eigenvalue weighted by atomic mass is 16.5. The number of aromatic nitrogens is 1. The maximum atomic E-state index is 5.26. The van der Waals surface area contributed by atoms with E-state index >= 15 is 0 Å². The third kappa shape index (κ3) is 3.45. The monoisotopic (exact) mass is 307 g/mol. The van der Waals surface area contributed by atoms with E-state index in [0.717, 1.165) is 33.7 Å². The summed E-state index contributed by atoms with van der Waals surface area (Å²) in [4.78, 5) is 4.33. The zero-order valence-electron chi connectivity index (χ0n) is 13.1. The van der Waals surface area contributed by atoms with Gasteiger partial charge >= 0.3 is 0 Å². The molecule has 5 heteroatoms. The highest BCUT2D eigenvalue weighted by Gasteiger charge is 2.03. The lowest BCUT2D eigenvalue weighted by Gasteiger charge is -2.04. The van der Waals surface area contributed by atoms with Crippen LogP contribution in [0.25, 0.3) is 10.9 Å². The Morgan fingerprint density at radius 1 is 0.913 bits per heavy atom. The summed E-state index contributed by atoms with van der Waals surface area (Å²) in [5.74, 6) is 1.61. The molecule has 5 nitrogen and oxygen atoms in total. The van der Waals surface area contributed by atoms with Gasteiger partial charge in [0, 0.05) is 11.6 Å². The summed E-state index contributed by atoms with van der Waals surface area (Å²) < 4.78 is 10.4. The molecule has 0 unspecified atom stereocenters. The average Bonchev–Trinajstić information content (AvgIpc) is 2.62. The van der Waals surface area contributed by atoms with Crippen LogP contribution in [-0.2, 0) is 6.54 Å². The van der Waals surface area contributed by atoms with E-state index in [4.69, 9.17) is 9.47 Å². The van der Waals surface area contributed by atoms with Crippen molar-refractivity contribution in [1.82, 2.24) is 4.98 Å². The van der Waals surface area contributed by atoms with E-state index < -0.39 is 0 Å². The molecular weight excluding hydrogens is 290 g/mol. The molecule has 0 aliphatic rings. The van der Waals surface area contributed by atoms with Gasteiger partial charge in [-0.2, -0.15) is 10.2 Å². The average molecular weight is 307 g/mol. The first-order chi connectivity index (χ1) is 11.3. The van der Waals surface area contributed by atoms with Gasteiger partial charge in [-0.15, -0.1) is 0 Å². The second kappa shape index (κ2) is 6.87. The molecule has 0 saturated carbocycles. The first kappa shape index (κ1) is 15.0. The first-order valence-corrected chi connectivity index (χ1v) is 7.23. The number of nitrogens with zero attached hydrogens (tertiary/aromatic N) is 3. The fourth-order valence-electron chi connectivity index (χ4n) is 2.25. The standard InChI is InChI=1S/C18H17N3O2/c1-22-14-5-3-13(4-6-14)12-20-21-18-9-10-19-17-8-7-15(23-2)11-16(17)18/h3-11H,12H2,1-2H3. The zero-order chi connectivity index (χ0) is 16.1. The van der Waals surface area contributed by atoms with Gasteiger partial charge in [-0.3, -0.25) is 4.98 Å². The van der Waals surface area contributed by atoms with Gasteiger partial charge < -0.3 is 9.47 Å². The number of fused-ring (bicyclic) bond motifs is 1. The highest BCUT2D eigenvalue weighted by molar-refractivity contribution is 5.90. The van der Waals surface area contributed by atoms with E-state index in [1.165, 1.54) is 0 Å². The van der Waals surface area contributed by atoms with Crippen LogP contribution in [0.4, 0.5) is 5.69 Å². The van der Waals surface area contributed by atoms with Crippen LogP contribution in [0.1, 0.15) is 5.56 Å². The molecule has 0 aliphatic carbocycles. The van der Waals surface area contributed by atoms with Crippen molar-refractivity contribution in [1.29, 1.82) is 0 Å². The molecule has 2 aromatic carbocycles. The molecule has 0 atom stereocenters. The first-order valence-electron chi connectivity index (χ1n) is 7.23. The molecule has 0 radical (unpaired) electrons. The van der Waals surface area contributed by atoms with E-state index in [0.29, 0.717) is 6.54 Å². The Bertz CT molecular complexity index is 829. The van der Waals surface area contributed by atoms with Crippen molar-refractivity contribution in [3.8, 4) is 11.5 Å². The second-order valence-corrected chi connectivity index (χ2v) is 4.96. The van der Waals surface area contributed by atoms with Crippen LogP contribution in [0.3, 0.4) is 0 Å². The van der Waals surface area contributed by atoms with Crippen molar-refractivity contribution in [3.63, 3.8) is 0 Å². The molecule has 3 rings (SSSR count). The summed E-state index contributed by atoms with van der Waals surface area (Å²) in [6.45, 7) is 0.512. The summed E-state index contributed by atoms with van der Waals surface area (Å²) >= 11 is 0. The van der Waals surface area contributed by atoms with Crippen LogP contribution in [0.15, 0.2) is 65.0 Å². The summed E-state index contributed by atoms with van der Waals surface area (Å²) in [6, 6.07) is 15.3. The largest absolute Gasteiger partial charge is 0.497 e. The maximum absolute atomic E-state index is 5.26. The Morgan fingerprint density at radius 2 is 1.65 bits per heavy atom. The van der Waals surface area contributed by atoms with Crippen molar-refractivity contribution in [2.75, 3.05) is 14.2 Å². The van der Waals surface area contributed by atoms with Gasteiger partial charge in [0.2, 0.25) is 0 Å². The Hall–Kier alpha value is -2.95. The smallest absolute Gasteiger partial charge is 0.119 e. The fourth-order valence-corrected chi connectivity index (χ4v) is 2.25. The van der Waals surface area contributed by atoms with Crippen LogP contribution in [0.2, 0.25) is 0 Å². The number of rotatable bonds is 5. The molecule has 0 fully saturated rings. The lowest BCUT2D eigenvalue weighted by atomic mass is 10.2. The van der Waals surface area contributed by atoms with E-state index in [9.17, 15) is 0 Å². The topological polar surface area (TPSA) is 56.1 Å². The Kier molecular flexibility index (Phi) is 4.47. The predicted molar refractivity (Wildman–Crippen MR) is 89.5 cm³/mol. The lowest BCUT2D eigenvalue weighted by Crippen LogP contribution is -1.85. The van der Waals surface area contributed by atoms with Crippen LogP contribution in [0.5, 0.6) is 11.5 Å². The Balaban J connectivity index is 1.82. The minimum Gasteiger partial charge on any atom is -0.497 e. The minimum atomic E-state index is 0.512. The summed E-state index contributed by atoms with van der Waals surface area (Å²) in [5.41, 5.74) is 2.72. The number of pyridine rings is 1. The van der Waals surface area contributed by atoms with Crippen molar-refractivity contribution in [2.24, 2.45) is 10.2 Å². The van der Waals surface area contributed by atoms with Gasteiger partial charge in [0.05, 0.1) is 32.0 Å². The molecule has 0 N–H and O–H groups in total. The van der Waals surface area contributed by atoms with Crippen molar-refractivity contribution in [3.05, 3.63) is 60.3 Å². The summed E-state index contributed by atoms with van der Waals surface area (Å²) in [5, 5.41) is 9.56. The molecule has 0 saturated heterocycles. The van der Waals surface area contributed by atoms with Gasteiger partial charge in [0.15, 0.2) is 0 Å². The molecule has 0 spiro atoms. The van der Waals surface area contributed by atoms with E-state index in [1.54, 1.807) is 20.4 Å². The van der Waals surface area contributed by atoms with Gasteiger partial charge in [-0.25, -0.2) is 0 Å². The molecule has 0 amide bonds. The fraction of sp³-hybridized carbons (Fsp3) is 0.167. The molecule has 1 aromatic heterocycles. The summed E-state index contributed by atoms with van der Waals surface area (Å²) in [6.07, 6.45) is 1.73. The second-order valence-electron chi connectivity index (χ2n) is 4.96. The Morgan fingerprint density at radius 3 is 2.39 bits per heavy atom. The zero-order valence-corrected chi connectivity index (χ0v) is 13.1. The van der Waals surface area contributed by atoms with E-state index in [1.807, 2.05) is 48.5 Å². The van der Waals surface area contributed by atoms with Gasteiger partial charge in [-0.05, 0) is 42.0 Å². The molecule has 0 aliphatic heterocycles. The van der Waals surface area contributed by atoms with Crippen LogP contribution in [-0.4, -0.2) is 19.2 Å². The number of azo groups is 1. The van der Waals surface area contributed by atoms with Crippen molar-refractivity contribution >= 4 is 16.6 Å². The summed E-state index contributed by atoms with van der Waals surface area (Å²) in [7, 11) is 3.29. The van der Waals surface area contributed by atoms with E-state index in [-0.39, 0.29) is 0 Å². The minimum absolute atomic E-state index is 0.512. The predicted octanol–water partition coefficient (Wildman–Crippen LogP) is 4.54. The number of methoxy groups -OCH3 is 2. The number of hydrogen-bond acceptors (Lipinski definition) is 5. The molecule has 0 bridgehead atoms. The number of benzene rings is 2. The molecular formula is C18H17N3O2. The third-order valence-corrected chi connectivity index (χ3v) is 3.52.